The van der Waals surface area contributed by atoms with Crippen LogP contribution in [-0.2, 0) is 32.3 Å². The van der Waals surface area contributed by atoms with Gasteiger partial charge in [-0.1, -0.05) is 36.4 Å². The van der Waals surface area contributed by atoms with Crippen molar-refractivity contribution in [2.75, 3.05) is 13.2 Å². The summed E-state index contributed by atoms with van der Waals surface area (Å²) in [6, 6.07) is 13.9. The number of carbonyl (C=O) groups is 3. The zero-order valence-corrected chi connectivity index (χ0v) is 21.0. The summed E-state index contributed by atoms with van der Waals surface area (Å²) >= 11 is 0. The van der Waals surface area contributed by atoms with Gasteiger partial charge >= 0.3 is 6.09 Å². The molecule has 37 heavy (non-hydrogen) atoms. The number of likely N-dealkylation sites (tertiary alicyclic amines) is 1. The normalized spacial score (nSPS) is 16.5. The van der Waals surface area contributed by atoms with Crippen LogP contribution in [-0.4, -0.2) is 62.5 Å². The summed E-state index contributed by atoms with van der Waals surface area (Å²) in [4.78, 5) is 38.1. The smallest absolute Gasteiger partial charge is 0.410 e. The molecule has 1 aliphatic heterocycles. The fourth-order valence-corrected chi connectivity index (χ4v) is 4.14. The minimum absolute atomic E-state index is 0.0722. The number of aromatic nitrogens is 3. The lowest BCUT2D eigenvalue weighted by molar-refractivity contribution is -0.126. The first-order valence-electron chi connectivity index (χ1n) is 12.2. The quantitative estimate of drug-likeness (QED) is 0.397. The highest BCUT2D eigenvalue weighted by Crippen LogP contribution is 2.20. The maximum Gasteiger partial charge on any atom is 0.410 e. The van der Waals surface area contributed by atoms with Crippen molar-refractivity contribution in [2.24, 2.45) is 5.73 Å². The molecule has 4 rings (SSSR count). The van der Waals surface area contributed by atoms with E-state index in [1.54, 1.807) is 36.4 Å². The number of carbonyl (C=O) groups excluding carboxylic acids is 3. The van der Waals surface area contributed by atoms with E-state index in [1.807, 2.05) is 30.3 Å². The number of nitrogens with one attached hydrogen (secondary N) is 1. The molecule has 2 amide bonds. The molecule has 1 fully saturated rings. The first-order valence-corrected chi connectivity index (χ1v) is 12.2. The predicted octanol–water partition coefficient (Wildman–Crippen LogP) is 2.14. The van der Waals surface area contributed by atoms with Crippen LogP contribution in [0.15, 0.2) is 48.5 Å². The summed E-state index contributed by atoms with van der Waals surface area (Å²) in [5.41, 5.74) is 7.00. The molecule has 2 aromatic heterocycles. The van der Waals surface area contributed by atoms with Crippen LogP contribution in [0.4, 0.5) is 4.79 Å². The van der Waals surface area contributed by atoms with Crippen molar-refractivity contribution in [1.82, 2.24) is 24.8 Å². The molecule has 0 bridgehead atoms. The molecule has 2 atom stereocenters. The number of nitrogens with zero attached hydrogens (tertiary/aromatic N) is 4. The van der Waals surface area contributed by atoms with Crippen molar-refractivity contribution < 1.29 is 23.9 Å². The average Bonchev–Trinajstić information content (AvgIpc) is 3.54. The second-order valence-electron chi connectivity index (χ2n) is 9.61. The number of benzene rings is 1. The number of fused-ring (bicyclic) bond motifs is 1. The monoisotopic (exact) mass is 508 g/mol. The highest BCUT2D eigenvalue weighted by Gasteiger charge is 2.31. The van der Waals surface area contributed by atoms with Crippen LogP contribution in [0.2, 0.25) is 0 Å². The van der Waals surface area contributed by atoms with Gasteiger partial charge in [0.15, 0.2) is 11.5 Å². The van der Waals surface area contributed by atoms with Gasteiger partial charge in [0.2, 0.25) is 5.91 Å². The average molecular weight is 509 g/mol. The summed E-state index contributed by atoms with van der Waals surface area (Å²) in [6.07, 6.45) is 1.60. The molecule has 3 N–H and O–H groups in total. The number of hydrogen-bond acceptors (Lipinski definition) is 8. The first kappa shape index (κ1) is 26.2. The summed E-state index contributed by atoms with van der Waals surface area (Å²) in [7, 11) is 0. The van der Waals surface area contributed by atoms with Gasteiger partial charge in [0.1, 0.15) is 18.9 Å². The number of pyridine rings is 1. The molecule has 0 unspecified atom stereocenters. The van der Waals surface area contributed by atoms with E-state index in [-0.39, 0.29) is 19.1 Å². The maximum absolute atomic E-state index is 12.8. The summed E-state index contributed by atoms with van der Waals surface area (Å²) in [5.74, 6) is 0.0367. The van der Waals surface area contributed by atoms with Crippen molar-refractivity contribution in [3.8, 4) is 0 Å². The summed E-state index contributed by atoms with van der Waals surface area (Å²) < 4.78 is 13.2. The van der Waals surface area contributed by atoms with Gasteiger partial charge in [0.25, 0.3) is 0 Å². The molecule has 1 saturated heterocycles. The standard InChI is InChI=1S/C26H32N6O5/c1-26(2,27)24(34)28-21(17-36-15-18-8-4-3-5-9-18)23-30-29-22-12-6-10-20(32(22)23)16-37-25(35)31-13-7-11-19(31)14-33/h3-6,8-10,12,14,19,21H,7,11,13,15-17,27H2,1-2H3,(H,28,34)/t19-,21-/m1/s1. The number of rotatable bonds is 10. The maximum atomic E-state index is 12.8. The second kappa shape index (κ2) is 11.5. The molecule has 0 radical (unpaired) electrons. The van der Waals surface area contributed by atoms with Gasteiger partial charge in [0.05, 0.1) is 30.5 Å². The number of amides is 2. The Labute approximate surface area is 214 Å². The van der Waals surface area contributed by atoms with Crippen LogP contribution >= 0.6 is 0 Å². The number of aldehydes is 1. The molecular weight excluding hydrogens is 476 g/mol. The molecule has 1 aliphatic rings. The molecule has 0 aliphatic carbocycles. The first-order chi connectivity index (χ1) is 17.8. The van der Waals surface area contributed by atoms with E-state index in [1.165, 1.54) is 4.90 Å². The molecule has 3 heterocycles. The third-order valence-corrected chi connectivity index (χ3v) is 6.17. The molecule has 0 spiro atoms. The van der Waals surface area contributed by atoms with Crippen molar-refractivity contribution in [3.63, 3.8) is 0 Å². The Hall–Kier alpha value is -3.83. The van der Waals surface area contributed by atoms with Crippen LogP contribution in [0.5, 0.6) is 0 Å². The van der Waals surface area contributed by atoms with E-state index in [0.29, 0.717) is 36.7 Å². The minimum Gasteiger partial charge on any atom is -0.443 e. The Morgan fingerprint density at radius 1 is 1.16 bits per heavy atom. The molecule has 1 aromatic carbocycles. The number of nitrogens with two attached hydrogens (primary N) is 1. The zero-order chi connectivity index (χ0) is 26.4. The Kier molecular flexibility index (Phi) is 8.14. The third-order valence-electron chi connectivity index (χ3n) is 6.17. The third kappa shape index (κ3) is 6.30. The second-order valence-corrected chi connectivity index (χ2v) is 9.61. The van der Waals surface area contributed by atoms with Gasteiger partial charge in [-0.15, -0.1) is 10.2 Å². The predicted molar refractivity (Wildman–Crippen MR) is 134 cm³/mol. The van der Waals surface area contributed by atoms with Gasteiger partial charge in [-0.25, -0.2) is 4.79 Å². The van der Waals surface area contributed by atoms with Gasteiger partial charge in [-0.2, -0.15) is 0 Å². The van der Waals surface area contributed by atoms with Crippen LogP contribution in [0.25, 0.3) is 5.65 Å². The van der Waals surface area contributed by atoms with Crippen LogP contribution in [0, 0.1) is 0 Å². The molecular formula is C26H32N6O5. The Bertz CT molecular complexity index is 1240. The lowest BCUT2D eigenvalue weighted by Crippen LogP contribution is -2.51. The lowest BCUT2D eigenvalue weighted by Gasteiger charge is -2.24. The Balaban J connectivity index is 1.56. The van der Waals surface area contributed by atoms with Gasteiger partial charge in [-0.05, 0) is 44.4 Å². The fraction of sp³-hybridized carbons (Fsp3) is 0.423. The van der Waals surface area contributed by atoms with Gasteiger partial charge in [-0.3, -0.25) is 14.1 Å². The van der Waals surface area contributed by atoms with Crippen molar-refractivity contribution >= 4 is 23.9 Å². The van der Waals surface area contributed by atoms with Crippen molar-refractivity contribution in [2.45, 2.75) is 57.5 Å². The molecule has 11 heteroatoms. The molecule has 11 nitrogen and oxygen atoms in total. The Morgan fingerprint density at radius 3 is 2.68 bits per heavy atom. The van der Waals surface area contributed by atoms with Gasteiger partial charge in [0, 0.05) is 6.54 Å². The van der Waals surface area contributed by atoms with Crippen LogP contribution in [0.1, 0.15) is 49.8 Å². The van der Waals surface area contributed by atoms with E-state index in [0.717, 1.165) is 18.3 Å². The van der Waals surface area contributed by atoms with E-state index in [9.17, 15) is 14.4 Å². The van der Waals surface area contributed by atoms with Crippen molar-refractivity contribution in [3.05, 3.63) is 65.6 Å². The van der Waals surface area contributed by atoms with Crippen LogP contribution < -0.4 is 11.1 Å². The summed E-state index contributed by atoms with van der Waals surface area (Å²) in [5, 5.41) is 11.5. The highest BCUT2D eigenvalue weighted by molar-refractivity contribution is 5.85. The van der Waals surface area contributed by atoms with E-state index >= 15 is 0 Å². The van der Waals surface area contributed by atoms with E-state index in [4.69, 9.17) is 15.2 Å². The van der Waals surface area contributed by atoms with Gasteiger partial charge < -0.3 is 25.3 Å². The fourth-order valence-electron chi connectivity index (χ4n) is 4.14. The largest absolute Gasteiger partial charge is 0.443 e. The minimum atomic E-state index is -1.12. The highest BCUT2D eigenvalue weighted by atomic mass is 16.6. The SMILES string of the molecule is CC(C)(N)C(=O)N[C@H](COCc1ccccc1)c1nnc2cccc(COC(=O)N3CCC[C@@H]3C=O)n12. The number of ether oxygens (including phenoxy) is 2. The van der Waals surface area contributed by atoms with E-state index in [2.05, 4.69) is 15.5 Å². The zero-order valence-electron chi connectivity index (χ0n) is 21.0. The topological polar surface area (TPSA) is 141 Å². The molecule has 196 valence electrons. The Morgan fingerprint density at radius 2 is 1.95 bits per heavy atom. The van der Waals surface area contributed by atoms with E-state index < -0.39 is 23.7 Å². The number of hydrogen-bond donors (Lipinski definition) is 2. The van der Waals surface area contributed by atoms with Crippen molar-refractivity contribution in [1.29, 1.82) is 0 Å². The summed E-state index contributed by atoms with van der Waals surface area (Å²) in [6.45, 7) is 4.09. The van der Waals surface area contributed by atoms with Crippen LogP contribution in [0.3, 0.4) is 0 Å². The molecule has 3 aromatic rings. The molecule has 0 saturated carbocycles. The lowest BCUT2D eigenvalue weighted by atomic mass is 10.1.